The van der Waals surface area contributed by atoms with Crippen molar-refractivity contribution in [1.82, 2.24) is 14.1 Å². The van der Waals surface area contributed by atoms with Crippen molar-refractivity contribution in [3.8, 4) is 0 Å². The van der Waals surface area contributed by atoms with Crippen LogP contribution in [0.2, 0.25) is 0 Å². The Balaban J connectivity index is 2.77. The normalized spacial score (nSPS) is 11.1. The van der Waals surface area contributed by atoms with E-state index in [2.05, 4.69) is 4.98 Å². The van der Waals surface area contributed by atoms with Crippen molar-refractivity contribution in [3.05, 3.63) is 55.7 Å². The summed E-state index contributed by atoms with van der Waals surface area (Å²) < 4.78 is 1.68. The van der Waals surface area contributed by atoms with Gasteiger partial charge in [0.2, 0.25) is 11.8 Å². The average Bonchev–Trinajstić information content (AvgIpc) is 2.68. The quantitative estimate of drug-likeness (QED) is 0.652. The first-order valence-corrected chi connectivity index (χ1v) is 6.24. The first-order valence-electron chi connectivity index (χ1n) is 6.24. The summed E-state index contributed by atoms with van der Waals surface area (Å²) in [4.78, 5) is 50.8. The number of benzene rings is 1. The Morgan fingerprint density at radius 1 is 0.952 bits per heavy atom. The van der Waals surface area contributed by atoms with Crippen LogP contribution in [-0.4, -0.2) is 25.9 Å². The number of rotatable bonds is 0. The smallest absolute Gasteiger partial charge is 0.287 e. The molecule has 2 aliphatic heterocycles. The summed E-state index contributed by atoms with van der Waals surface area (Å²) in [5, 5.41) is -0.162. The van der Waals surface area contributed by atoms with Crippen molar-refractivity contribution in [2.45, 2.75) is 13.8 Å². The van der Waals surface area contributed by atoms with Gasteiger partial charge < -0.3 is 4.98 Å². The summed E-state index contributed by atoms with van der Waals surface area (Å²) in [5.41, 5.74) is -0.545. The number of para-hydroxylation sites is 2. The van der Waals surface area contributed by atoms with Gasteiger partial charge >= 0.3 is 0 Å². The Morgan fingerprint density at radius 2 is 1.57 bits per heavy atom. The Morgan fingerprint density at radius 3 is 2.19 bits per heavy atom. The molecule has 2 heterocycles. The van der Waals surface area contributed by atoms with Gasteiger partial charge in [-0.1, -0.05) is 12.1 Å². The lowest BCUT2D eigenvalue weighted by Gasteiger charge is -2.06. The van der Waals surface area contributed by atoms with Crippen LogP contribution in [-0.2, 0) is 0 Å². The summed E-state index contributed by atoms with van der Waals surface area (Å²) >= 11 is 0. The second-order valence-corrected chi connectivity index (χ2v) is 4.68. The van der Waals surface area contributed by atoms with E-state index in [-0.39, 0.29) is 10.7 Å². The third-order valence-corrected chi connectivity index (χ3v) is 3.32. The molecule has 2 aliphatic rings. The zero-order valence-electron chi connectivity index (χ0n) is 11.3. The molecule has 7 nitrogen and oxygen atoms in total. The number of nitrogens with one attached hydrogen (secondary N) is 1. The second-order valence-electron chi connectivity index (χ2n) is 4.68. The molecule has 0 atom stereocenters. The van der Waals surface area contributed by atoms with Gasteiger partial charge in [0.05, 0.1) is 11.0 Å². The predicted molar refractivity (Wildman–Crippen MR) is 74.7 cm³/mol. The van der Waals surface area contributed by atoms with E-state index < -0.39 is 22.9 Å². The molecule has 0 bridgehead atoms. The van der Waals surface area contributed by atoms with Crippen molar-refractivity contribution in [2.24, 2.45) is 0 Å². The van der Waals surface area contributed by atoms with Crippen molar-refractivity contribution < 1.29 is 9.59 Å². The monoisotopic (exact) mass is 285 g/mol. The van der Waals surface area contributed by atoms with Crippen LogP contribution >= 0.6 is 0 Å². The van der Waals surface area contributed by atoms with E-state index in [1.165, 1.54) is 6.92 Å². The third kappa shape index (κ3) is 1.67. The number of aromatic amines is 1. The maximum Gasteiger partial charge on any atom is 0.287 e. The van der Waals surface area contributed by atoms with Crippen LogP contribution in [0.5, 0.6) is 0 Å². The molecule has 0 spiro atoms. The van der Waals surface area contributed by atoms with E-state index >= 15 is 0 Å². The van der Waals surface area contributed by atoms with E-state index in [1.807, 2.05) is 0 Å². The lowest BCUT2D eigenvalue weighted by molar-refractivity contribution is 0.0919. The fraction of sp³-hybridized carbons (Fsp3) is 0.143. The van der Waals surface area contributed by atoms with E-state index in [0.717, 1.165) is 11.5 Å². The molecule has 1 aromatic rings. The van der Waals surface area contributed by atoms with Crippen LogP contribution in [0.4, 0.5) is 0 Å². The molecule has 106 valence electrons. The van der Waals surface area contributed by atoms with E-state index in [0.29, 0.717) is 15.6 Å². The van der Waals surface area contributed by atoms with Gasteiger partial charge in [0.1, 0.15) is 10.7 Å². The average molecular weight is 285 g/mol. The highest BCUT2D eigenvalue weighted by Crippen LogP contribution is 2.11. The molecule has 1 aromatic carbocycles. The second kappa shape index (κ2) is 4.27. The Kier molecular flexibility index (Phi) is 2.65. The van der Waals surface area contributed by atoms with E-state index in [9.17, 15) is 19.2 Å². The van der Waals surface area contributed by atoms with Gasteiger partial charge in [-0.05, 0) is 12.1 Å². The molecular formula is C14H11N3O4. The van der Waals surface area contributed by atoms with Gasteiger partial charge in [-0.15, -0.1) is 0 Å². The van der Waals surface area contributed by atoms with Gasteiger partial charge in [-0.3, -0.25) is 23.7 Å². The lowest BCUT2D eigenvalue weighted by Crippen LogP contribution is -2.31. The molecular weight excluding hydrogens is 274 g/mol. The number of carbonyl (C=O) groups is 2. The van der Waals surface area contributed by atoms with Gasteiger partial charge in [0.15, 0.2) is 0 Å². The summed E-state index contributed by atoms with van der Waals surface area (Å²) in [5.74, 6) is -1.10. The van der Waals surface area contributed by atoms with E-state index in [4.69, 9.17) is 0 Å². The highest BCUT2D eigenvalue weighted by molar-refractivity contribution is 5.88. The predicted octanol–water partition coefficient (Wildman–Crippen LogP) is 0.536. The summed E-state index contributed by atoms with van der Waals surface area (Å²) in [6.45, 7) is 2.42. The Hall–Kier alpha value is -2.96. The SMILES string of the molecule is CC(=O)n1c(=O)c2[nH]c3ccccc3n(C(C)=O)c=2c1=O. The van der Waals surface area contributed by atoms with Crippen LogP contribution in [0.1, 0.15) is 23.4 Å². The largest absolute Gasteiger partial charge is 0.347 e. The van der Waals surface area contributed by atoms with Gasteiger partial charge in [-0.2, -0.15) is 0 Å². The topological polar surface area (TPSA) is 93.9 Å². The molecule has 0 radical (unpaired) electrons. The molecule has 1 N–H and O–H groups in total. The van der Waals surface area contributed by atoms with Crippen molar-refractivity contribution >= 4 is 22.8 Å². The Bertz CT molecular complexity index is 1080. The molecule has 7 heteroatoms. The van der Waals surface area contributed by atoms with Crippen LogP contribution in [0.15, 0.2) is 33.9 Å². The van der Waals surface area contributed by atoms with Gasteiger partial charge in [0.25, 0.3) is 11.1 Å². The first-order chi connectivity index (χ1) is 9.93. The molecule has 21 heavy (non-hydrogen) atoms. The standard InChI is InChI=1S/C14H11N3O4/c1-7(18)16-10-6-4-3-5-9(10)15-11-12(16)14(21)17(8(2)19)13(11)20/h3-6,15H,1-2H3. The maximum atomic E-state index is 12.3. The number of carbonyl (C=O) groups excluding carboxylic acids is 2. The molecule has 0 fully saturated rings. The minimum atomic E-state index is -0.792. The molecule has 0 aliphatic carbocycles. The summed E-state index contributed by atoms with van der Waals surface area (Å²) in [7, 11) is 0. The zero-order chi connectivity index (χ0) is 15.3. The van der Waals surface area contributed by atoms with Gasteiger partial charge in [0, 0.05) is 13.8 Å². The van der Waals surface area contributed by atoms with Crippen LogP contribution < -0.4 is 11.1 Å². The minimum Gasteiger partial charge on any atom is -0.347 e. The molecule has 0 saturated carbocycles. The maximum absolute atomic E-state index is 12.3. The van der Waals surface area contributed by atoms with Crippen LogP contribution in [0.25, 0.3) is 11.0 Å². The zero-order valence-corrected chi connectivity index (χ0v) is 11.3. The van der Waals surface area contributed by atoms with Gasteiger partial charge in [-0.25, -0.2) is 4.57 Å². The molecule has 0 amide bonds. The number of nitrogens with zero attached hydrogens (tertiary/aromatic N) is 2. The highest BCUT2D eigenvalue weighted by Gasteiger charge is 2.19. The van der Waals surface area contributed by atoms with Crippen LogP contribution in [0.3, 0.4) is 0 Å². The fourth-order valence-corrected chi connectivity index (χ4v) is 2.48. The summed E-state index contributed by atoms with van der Waals surface area (Å²) in [6, 6.07) is 6.79. The highest BCUT2D eigenvalue weighted by atomic mass is 16.2. The third-order valence-electron chi connectivity index (χ3n) is 3.32. The summed E-state index contributed by atoms with van der Waals surface area (Å²) in [6.07, 6.45) is 0. The van der Waals surface area contributed by atoms with Crippen molar-refractivity contribution in [1.29, 1.82) is 0 Å². The number of hydrogen-bond acceptors (Lipinski definition) is 4. The number of H-pyrrole nitrogens is 1. The molecule has 0 unspecified atom stereocenters. The van der Waals surface area contributed by atoms with Crippen molar-refractivity contribution in [2.75, 3.05) is 0 Å². The lowest BCUT2D eigenvalue weighted by atomic mass is 10.3. The fourth-order valence-electron chi connectivity index (χ4n) is 2.48. The number of fused-ring (bicyclic) bond motifs is 1. The number of aromatic nitrogens is 3. The first kappa shape index (κ1) is 13.0. The molecule has 3 rings (SSSR count). The van der Waals surface area contributed by atoms with Crippen LogP contribution in [0, 0.1) is 10.7 Å². The number of hydrogen-bond donors (Lipinski definition) is 1. The molecule has 0 saturated heterocycles. The molecule has 0 aromatic heterocycles. The van der Waals surface area contributed by atoms with E-state index in [1.54, 1.807) is 24.3 Å². The minimum absolute atomic E-state index is 0.0518. The van der Waals surface area contributed by atoms with Crippen molar-refractivity contribution in [3.63, 3.8) is 0 Å². The Labute approximate surface area is 117 Å².